The number of anilines is 2. The molecule has 1 saturated heterocycles. The highest BCUT2D eigenvalue weighted by molar-refractivity contribution is 6.65. The average Bonchev–Trinajstić information content (AvgIpc) is 3.41. The third-order valence-electron chi connectivity index (χ3n) is 5.63. The van der Waals surface area contributed by atoms with Gasteiger partial charge in [-0.05, 0) is 52.0 Å². The van der Waals surface area contributed by atoms with Crippen LogP contribution in [-0.2, 0) is 14.1 Å². The van der Waals surface area contributed by atoms with E-state index in [9.17, 15) is 4.79 Å². The van der Waals surface area contributed by atoms with Crippen molar-refractivity contribution < 1.29 is 18.2 Å². The summed E-state index contributed by atoms with van der Waals surface area (Å²) in [5.74, 6) is 0.547. The minimum atomic E-state index is -2.41. The van der Waals surface area contributed by atoms with Crippen molar-refractivity contribution in [1.29, 1.82) is 0 Å². The van der Waals surface area contributed by atoms with Gasteiger partial charge in [-0.1, -0.05) is 0 Å². The first-order valence-electron chi connectivity index (χ1n) is 10.6. The number of carbonyl (C=O) groups is 1. The molecule has 27 heavy (non-hydrogen) atoms. The molecule has 0 radical (unpaired) electrons. The number of nitrogens with one attached hydrogen (secondary N) is 2. The normalized spacial score (nSPS) is 22.8. The molecule has 142 valence electrons. The second-order valence-electron chi connectivity index (χ2n) is 8.15. The van der Waals surface area contributed by atoms with Crippen molar-refractivity contribution >= 4 is 40.9 Å². The summed E-state index contributed by atoms with van der Waals surface area (Å²) in [7, 11) is -0.693. The summed E-state index contributed by atoms with van der Waals surface area (Å²) in [4.78, 5) is 20.8. The van der Waals surface area contributed by atoms with E-state index < -0.39 is 25.3 Å². The molecule has 7 nitrogen and oxygen atoms in total. The van der Waals surface area contributed by atoms with Crippen LogP contribution in [0.1, 0.15) is 44.6 Å². The Labute approximate surface area is 163 Å². The number of hydrogen-bond acceptors (Lipinski definition) is 6. The lowest BCUT2D eigenvalue weighted by Gasteiger charge is -2.32. The van der Waals surface area contributed by atoms with E-state index in [4.69, 9.17) is 13.4 Å². The molecule has 0 unspecified atom stereocenters. The number of aromatic nitrogens is 2. The van der Waals surface area contributed by atoms with E-state index in [1.54, 1.807) is 12.3 Å². The second kappa shape index (κ2) is 6.17. The van der Waals surface area contributed by atoms with Crippen LogP contribution >= 0.6 is 0 Å². The predicted molar refractivity (Wildman–Crippen MR) is 106 cm³/mol. The molecule has 0 aromatic carbocycles. The molecule has 3 heterocycles. The van der Waals surface area contributed by atoms with Crippen molar-refractivity contribution in [2.24, 2.45) is 5.92 Å². The van der Waals surface area contributed by atoms with Gasteiger partial charge < -0.3 is 19.9 Å². The van der Waals surface area contributed by atoms with E-state index in [1.807, 2.05) is 27.7 Å². The van der Waals surface area contributed by atoms with E-state index in [2.05, 4.69) is 20.6 Å². The summed E-state index contributed by atoms with van der Waals surface area (Å²) in [6.07, 6.45) is 4.82. The van der Waals surface area contributed by atoms with Gasteiger partial charge in [0.2, 0.25) is 5.91 Å². The largest absolute Gasteiger partial charge is 0.497 e. The number of hydrogen-bond donors (Lipinski definition) is 2. The van der Waals surface area contributed by atoms with E-state index in [0.29, 0.717) is 22.1 Å². The van der Waals surface area contributed by atoms with Gasteiger partial charge in [0, 0.05) is 40.2 Å². The number of carbonyl (C=O) groups excluding carboxylic acids is 1. The molecule has 0 atom stereocenters. The van der Waals surface area contributed by atoms with Gasteiger partial charge in [0.15, 0.2) is 0 Å². The summed E-state index contributed by atoms with van der Waals surface area (Å²) in [6, 6.07) is 1.71. The lowest BCUT2D eigenvalue weighted by molar-refractivity contribution is -0.117. The molecular weight excluding hydrogens is 343 g/mol. The van der Waals surface area contributed by atoms with Gasteiger partial charge in [-0.2, -0.15) is 0 Å². The fourth-order valence-corrected chi connectivity index (χ4v) is 3.06. The highest BCUT2D eigenvalue weighted by atomic mass is 16.7. The Hall–Kier alpha value is -2.19. The van der Waals surface area contributed by atoms with Gasteiger partial charge in [-0.25, -0.2) is 9.97 Å². The Kier molecular flexibility index (Phi) is 3.39. The molecule has 1 amide bonds. The number of nitrogens with zero attached hydrogens (tertiary/aromatic N) is 2. The van der Waals surface area contributed by atoms with Crippen molar-refractivity contribution in [1.82, 2.24) is 9.97 Å². The van der Waals surface area contributed by atoms with Crippen LogP contribution in [-0.4, -0.2) is 41.2 Å². The molecular formula is C19H25BN4O3. The fraction of sp³-hybridized carbons (Fsp3) is 0.526. The minimum absolute atomic E-state index is 0.0373. The molecule has 2 aliphatic rings. The van der Waals surface area contributed by atoms with E-state index in [-0.39, 0.29) is 17.6 Å². The lowest BCUT2D eigenvalue weighted by atomic mass is 9.77. The third kappa shape index (κ3) is 3.17. The van der Waals surface area contributed by atoms with Crippen LogP contribution in [0.2, 0.25) is 0 Å². The average molecular weight is 371 g/mol. The number of rotatable bonds is 4. The Morgan fingerprint density at radius 3 is 2.52 bits per heavy atom. The smallest absolute Gasteiger partial charge is 0.399 e. The molecule has 1 aliphatic carbocycles. The maximum atomic E-state index is 12.2. The second-order valence-corrected chi connectivity index (χ2v) is 8.15. The van der Waals surface area contributed by atoms with E-state index in [1.165, 1.54) is 6.20 Å². The third-order valence-corrected chi connectivity index (χ3v) is 5.63. The van der Waals surface area contributed by atoms with Crippen molar-refractivity contribution in [2.45, 2.75) is 51.7 Å². The summed E-state index contributed by atoms with van der Waals surface area (Å²) in [5, 5.41) is 6.43. The van der Waals surface area contributed by atoms with Crippen LogP contribution < -0.4 is 16.1 Å². The van der Waals surface area contributed by atoms with Crippen LogP contribution in [0.15, 0.2) is 18.5 Å². The van der Waals surface area contributed by atoms with E-state index in [0.717, 1.165) is 12.8 Å². The maximum Gasteiger partial charge on any atom is 0.497 e. The fourth-order valence-electron chi connectivity index (χ4n) is 3.06. The quantitative estimate of drug-likeness (QED) is 0.803. The minimum Gasteiger partial charge on any atom is -0.399 e. The number of fused-ring (bicyclic) bond motifs is 1. The van der Waals surface area contributed by atoms with Crippen molar-refractivity contribution in [3.8, 4) is 0 Å². The standard InChI is InChI=1S/C19H25BN4O3/c1-18(2)19(3,4)27-20(26-18)14-10-23-16(21-5)13-9-22-15(8-12(13)14)24-17(25)11-6-7-11/h8-11H,6-7H2,1-5H3,(H,21,23)(H,22,24,25)/i5D3. The summed E-state index contributed by atoms with van der Waals surface area (Å²) in [5.41, 5.74) is -0.449. The number of amides is 1. The van der Waals surface area contributed by atoms with Crippen LogP contribution in [0, 0.1) is 5.92 Å². The van der Waals surface area contributed by atoms with Crippen molar-refractivity contribution in [3.63, 3.8) is 0 Å². The Morgan fingerprint density at radius 1 is 1.19 bits per heavy atom. The molecule has 1 aliphatic heterocycles. The molecule has 2 aromatic heterocycles. The lowest BCUT2D eigenvalue weighted by Crippen LogP contribution is -2.41. The van der Waals surface area contributed by atoms with Crippen LogP contribution in [0.25, 0.3) is 10.8 Å². The molecule has 2 N–H and O–H groups in total. The molecule has 2 fully saturated rings. The summed E-state index contributed by atoms with van der Waals surface area (Å²) >= 11 is 0. The van der Waals surface area contributed by atoms with Gasteiger partial charge in [-0.15, -0.1) is 0 Å². The molecule has 1 saturated carbocycles. The molecule has 4 rings (SSSR count). The summed E-state index contributed by atoms with van der Waals surface area (Å²) in [6.45, 7) is 5.41. The highest BCUT2D eigenvalue weighted by Gasteiger charge is 2.52. The monoisotopic (exact) mass is 371 g/mol. The Bertz CT molecular complexity index is 992. The predicted octanol–water partition coefficient (Wildman–Crippen LogP) is 2.32. The zero-order valence-electron chi connectivity index (χ0n) is 18.9. The van der Waals surface area contributed by atoms with Crippen LogP contribution in [0.5, 0.6) is 0 Å². The maximum absolute atomic E-state index is 12.2. The molecule has 0 spiro atoms. The van der Waals surface area contributed by atoms with Crippen molar-refractivity contribution in [3.05, 3.63) is 18.5 Å². The number of pyridine rings is 2. The topological polar surface area (TPSA) is 85.4 Å². The summed E-state index contributed by atoms with van der Waals surface area (Å²) < 4.78 is 34.9. The zero-order valence-corrected chi connectivity index (χ0v) is 15.9. The first-order valence-corrected chi connectivity index (χ1v) is 9.10. The van der Waals surface area contributed by atoms with Crippen LogP contribution in [0.3, 0.4) is 0 Å². The first kappa shape index (κ1) is 14.8. The van der Waals surface area contributed by atoms with Crippen LogP contribution in [0.4, 0.5) is 11.6 Å². The van der Waals surface area contributed by atoms with Gasteiger partial charge in [0.1, 0.15) is 11.6 Å². The SMILES string of the molecule is [2H]C([2H])([2H])Nc1ncc(B2OC(C)(C)C(C)(C)O2)c2cc(NC(=O)C3CC3)ncc12. The van der Waals surface area contributed by atoms with Crippen molar-refractivity contribution in [2.75, 3.05) is 17.6 Å². The zero-order chi connectivity index (χ0) is 21.9. The molecule has 2 aromatic rings. The Morgan fingerprint density at radius 2 is 1.89 bits per heavy atom. The Balaban J connectivity index is 1.78. The van der Waals surface area contributed by atoms with Gasteiger partial charge in [0.05, 0.1) is 11.2 Å². The van der Waals surface area contributed by atoms with Gasteiger partial charge in [-0.3, -0.25) is 4.79 Å². The van der Waals surface area contributed by atoms with E-state index >= 15 is 0 Å². The van der Waals surface area contributed by atoms with Gasteiger partial charge >= 0.3 is 7.12 Å². The molecule has 0 bridgehead atoms. The van der Waals surface area contributed by atoms with Gasteiger partial charge in [0.25, 0.3) is 0 Å². The molecule has 8 heteroatoms. The first-order chi connectivity index (χ1) is 13.9. The highest BCUT2D eigenvalue weighted by Crippen LogP contribution is 2.37.